The van der Waals surface area contributed by atoms with Crippen molar-refractivity contribution < 1.29 is 0 Å². The molecule has 2 N–H and O–H groups in total. The Morgan fingerprint density at radius 2 is 2.08 bits per heavy atom. The van der Waals surface area contributed by atoms with Crippen molar-refractivity contribution in [2.24, 2.45) is 5.73 Å². The molecular formula is C11H24N2. The van der Waals surface area contributed by atoms with Crippen LogP contribution in [0.1, 0.15) is 46.0 Å². The summed E-state index contributed by atoms with van der Waals surface area (Å²) in [6.45, 7) is 6.77. The van der Waals surface area contributed by atoms with Crippen LogP contribution in [0.25, 0.3) is 0 Å². The van der Waals surface area contributed by atoms with Crippen LogP contribution in [-0.4, -0.2) is 30.1 Å². The lowest BCUT2D eigenvalue weighted by Gasteiger charge is -2.27. The highest BCUT2D eigenvalue weighted by atomic mass is 15.2. The highest BCUT2D eigenvalue weighted by Gasteiger charge is 2.28. The molecule has 0 aliphatic carbocycles. The number of unbranched alkanes of at least 4 members (excludes halogenated alkanes) is 1. The molecule has 0 radical (unpaired) electrons. The van der Waals surface area contributed by atoms with Crippen LogP contribution in [-0.2, 0) is 0 Å². The van der Waals surface area contributed by atoms with Crippen LogP contribution < -0.4 is 5.73 Å². The summed E-state index contributed by atoms with van der Waals surface area (Å²) < 4.78 is 0. The molecule has 1 heterocycles. The topological polar surface area (TPSA) is 29.3 Å². The van der Waals surface area contributed by atoms with Gasteiger partial charge < -0.3 is 5.73 Å². The van der Waals surface area contributed by atoms with Gasteiger partial charge in [-0.15, -0.1) is 0 Å². The molecule has 0 bridgehead atoms. The van der Waals surface area contributed by atoms with Gasteiger partial charge in [-0.3, -0.25) is 4.90 Å². The lowest BCUT2D eigenvalue weighted by atomic mass is 10.1. The average molecular weight is 184 g/mol. The molecule has 2 heteroatoms. The third-order valence-corrected chi connectivity index (χ3v) is 3.29. The maximum absolute atomic E-state index is 5.50. The van der Waals surface area contributed by atoms with E-state index in [0.717, 1.165) is 18.6 Å². The van der Waals surface area contributed by atoms with Crippen LogP contribution in [0.3, 0.4) is 0 Å². The molecule has 1 fully saturated rings. The number of hydrogen-bond donors (Lipinski definition) is 1. The van der Waals surface area contributed by atoms with E-state index in [0.29, 0.717) is 0 Å². The Hall–Kier alpha value is -0.0800. The Morgan fingerprint density at radius 3 is 2.69 bits per heavy atom. The fraction of sp³-hybridized carbons (Fsp3) is 1.00. The van der Waals surface area contributed by atoms with E-state index in [4.69, 9.17) is 5.73 Å². The summed E-state index contributed by atoms with van der Waals surface area (Å²) in [4.78, 5) is 2.68. The highest BCUT2D eigenvalue weighted by Crippen LogP contribution is 2.25. The van der Waals surface area contributed by atoms with E-state index in [1.165, 1.54) is 38.6 Å². The van der Waals surface area contributed by atoms with Crippen LogP contribution in [0.4, 0.5) is 0 Å². The van der Waals surface area contributed by atoms with Gasteiger partial charge >= 0.3 is 0 Å². The average Bonchev–Trinajstić information content (AvgIpc) is 2.48. The Kier molecular flexibility index (Phi) is 4.74. The number of nitrogens with two attached hydrogens (primary N) is 1. The molecular weight excluding hydrogens is 160 g/mol. The molecule has 0 aromatic rings. The lowest BCUT2D eigenvalue weighted by molar-refractivity contribution is 0.195. The van der Waals surface area contributed by atoms with Crippen molar-refractivity contribution in [1.82, 2.24) is 4.90 Å². The second kappa shape index (κ2) is 5.61. The largest absolute Gasteiger partial charge is 0.330 e. The number of rotatable bonds is 5. The monoisotopic (exact) mass is 184 g/mol. The maximum atomic E-state index is 5.50. The molecule has 2 unspecified atom stereocenters. The highest BCUT2D eigenvalue weighted by molar-refractivity contribution is 4.83. The van der Waals surface area contributed by atoms with Gasteiger partial charge in [0, 0.05) is 12.1 Å². The summed E-state index contributed by atoms with van der Waals surface area (Å²) in [5.74, 6) is 0. The molecule has 1 rings (SSSR count). The second-order valence-electron chi connectivity index (χ2n) is 4.22. The molecule has 78 valence electrons. The van der Waals surface area contributed by atoms with Crippen molar-refractivity contribution in [1.29, 1.82) is 0 Å². The summed E-state index contributed by atoms with van der Waals surface area (Å²) in [7, 11) is 0. The minimum atomic E-state index is 0.808. The van der Waals surface area contributed by atoms with Gasteiger partial charge in [-0.1, -0.05) is 6.92 Å². The zero-order valence-electron chi connectivity index (χ0n) is 9.13. The minimum Gasteiger partial charge on any atom is -0.330 e. The summed E-state index contributed by atoms with van der Waals surface area (Å²) in [6, 6.07) is 1.66. The Morgan fingerprint density at radius 1 is 1.31 bits per heavy atom. The SMILES string of the molecule is CCC1CCC(C)N1CCCCN. The third-order valence-electron chi connectivity index (χ3n) is 3.29. The first-order valence-corrected chi connectivity index (χ1v) is 5.75. The van der Waals surface area contributed by atoms with E-state index in [9.17, 15) is 0 Å². The van der Waals surface area contributed by atoms with Crippen LogP contribution in [0.2, 0.25) is 0 Å². The molecule has 0 aromatic heterocycles. The summed E-state index contributed by atoms with van der Waals surface area (Å²) >= 11 is 0. The van der Waals surface area contributed by atoms with Gasteiger partial charge in [0.1, 0.15) is 0 Å². The van der Waals surface area contributed by atoms with Gasteiger partial charge in [-0.2, -0.15) is 0 Å². The number of likely N-dealkylation sites (tertiary alicyclic amines) is 1. The molecule has 2 nitrogen and oxygen atoms in total. The molecule has 2 atom stereocenters. The standard InChI is InChI=1S/C11H24N2/c1-3-11-7-6-10(2)13(11)9-5-4-8-12/h10-11H,3-9,12H2,1-2H3. The van der Waals surface area contributed by atoms with Crippen molar-refractivity contribution >= 4 is 0 Å². The fourth-order valence-electron chi connectivity index (χ4n) is 2.41. The van der Waals surface area contributed by atoms with E-state index in [1.807, 2.05) is 0 Å². The molecule has 0 spiro atoms. The number of nitrogens with zero attached hydrogens (tertiary/aromatic N) is 1. The van der Waals surface area contributed by atoms with Crippen LogP contribution in [0, 0.1) is 0 Å². The Balaban J connectivity index is 2.27. The molecule has 13 heavy (non-hydrogen) atoms. The second-order valence-corrected chi connectivity index (χ2v) is 4.22. The predicted octanol–water partition coefficient (Wildman–Crippen LogP) is 1.99. The molecule has 0 amide bonds. The smallest absolute Gasteiger partial charge is 0.00960 e. The quantitative estimate of drug-likeness (QED) is 0.662. The fourth-order valence-corrected chi connectivity index (χ4v) is 2.41. The zero-order chi connectivity index (χ0) is 9.68. The van der Waals surface area contributed by atoms with Crippen LogP contribution >= 0.6 is 0 Å². The van der Waals surface area contributed by atoms with E-state index in [1.54, 1.807) is 0 Å². The van der Waals surface area contributed by atoms with E-state index >= 15 is 0 Å². The van der Waals surface area contributed by atoms with E-state index in [2.05, 4.69) is 18.7 Å². The molecule has 1 aliphatic heterocycles. The van der Waals surface area contributed by atoms with Crippen LogP contribution in [0.15, 0.2) is 0 Å². The maximum Gasteiger partial charge on any atom is 0.00960 e. The van der Waals surface area contributed by atoms with Gasteiger partial charge in [0.2, 0.25) is 0 Å². The summed E-state index contributed by atoms with van der Waals surface area (Å²) in [6.07, 6.45) is 6.56. The van der Waals surface area contributed by atoms with Gasteiger partial charge in [0.25, 0.3) is 0 Å². The first-order chi connectivity index (χ1) is 6.29. The van der Waals surface area contributed by atoms with Crippen molar-refractivity contribution in [2.45, 2.75) is 58.0 Å². The van der Waals surface area contributed by atoms with Crippen molar-refractivity contribution in [3.63, 3.8) is 0 Å². The molecule has 0 aromatic carbocycles. The van der Waals surface area contributed by atoms with E-state index in [-0.39, 0.29) is 0 Å². The van der Waals surface area contributed by atoms with Gasteiger partial charge in [-0.25, -0.2) is 0 Å². The predicted molar refractivity (Wildman–Crippen MR) is 57.8 cm³/mol. The third kappa shape index (κ3) is 2.96. The number of hydrogen-bond acceptors (Lipinski definition) is 2. The van der Waals surface area contributed by atoms with Gasteiger partial charge in [-0.05, 0) is 52.1 Å². The lowest BCUT2D eigenvalue weighted by Crippen LogP contribution is -2.35. The van der Waals surface area contributed by atoms with Crippen molar-refractivity contribution in [2.75, 3.05) is 13.1 Å². The normalized spacial score (nSPS) is 29.8. The molecule has 0 saturated carbocycles. The Labute approximate surface area is 82.5 Å². The molecule has 1 saturated heterocycles. The van der Waals surface area contributed by atoms with E-state index < -0.39 is 0 Å². The first-order valence-electron chi connectivity index (χ1n) is 5.75. The van der Waals surface area contributed by atoms with Crippen LogP contribution in [0.5, 0.6) is 0 Å². The van der Waals surface area contributed by atoms with Gasteiger partial charge in [0.15, 0.2) is 0 Å². The van der Waals surface area contributed by atoms with Gasteiger partial charge in [0.05, 0.1) is 0 Å². The van der Waals surface area contributed by atoms with Crippen molar-refractivity contribution in [3.05, 3.63) is 0 Å². The van der Waals surface area contributed by atoms with Crippen molar-refractivity contribution in [3.8, 4) is 0 Å². The minimum absolute atomic E-state index is 0.808. The first kappa shape index (κ1) is 11.0. The zero-order valence-corrected chi connectivity index (χ0v) is 9.13. The Bertz CT molecular complexity index is 136. The summed E-state index contributed by atoms with van der Waals surface area (Å²) in [5, 5.41) is 0. The molecule has 1 aliphatic rings. The summed E-state index contributed by atoms with van der Waals surface area (Å²) in [5.41, 5.74) is 5.50.